The summed E-state index contributed by atoms with van der Waals surface area (Å²) in [5.41, 5.74) is 2.14. The Morgan fingerprint density at radius 1 is 1.23 bits per heavy atom. The predicted molar refractivity (Wildman–Crippen MR) is 118 cm³/mol. The number of sulfonamides is 1. The van der Waals surface area contributed by atoms with Gasteiger partial charge in [-0.25, -0.2) is 18.1 Å². The molecule has 7 nitrogen and oxygen atoms in total. The summed E-state index contributed by atoms with van der Waals surface area (Å²) in [5.74, 6) is 1.47. The molecule has 26 heavy (non-hydrogen) atoms. The number of hydrogen-bond acceptors (Lipinski definition) is 4. The topological polar surface area (TPSA) is 91.8 Å². The van der Waals surface area contributed by atoms with Crippen molar-refractivity contribution in [2.24, 2.45) is 4.99 Å². The van der Waals surface area contributed by atoms with Crippen molar-refractivity contribution in [2.75, 3.05) is 25.9 Å². The van der Waals surface area contributed by atoms with Crippen LogP contribution in [-0.2, 0) is 16.6 Å². The zero-order valence-electron chi connectivity index (χ0n) is 16.1. The summed E-state index contributed by atoms with van der Waals surface area (Å²) in [5, 5.41) is 6.25. The Balaban J connectivity index is 0.00000625. The number of aryl methyl sites for hydroxylation is 1. The number of hydrogen-bond donors (Lipinski definition) is 3. The monoisotopic (exact) mass is 498 g/mol. The Bertz CT molecular complexity index is 679. The molecule has 0 aliphatic rings. The number of benzene rings is 1. The molecule has 0 saturated heterocycles. The van der Waals surface area contributed by atoms with Crippen LogP contribution in [0.25, 0.3) is 0 Å². The van der Waals surface area contributed by atoms with Gasteiger partial charge in [0.05, 0.1) is 18.9 Å². The summed E-state index contributed by atoms with van der Waals surface area (Å²) in [6, 6.07) is 6.07. The van der Waals surface area contributed by atoms with Crippen molar-refractivity contribution in [1.29, 1.82) is 0 Å². The smallest absolute Gasteiger partial charge is 0.208 e. The van der Waals surface area contributed by atoms with E-state index in [1.54, 1.807) is 0 Å². The maximum atomic E-state index is 11.1. The van der Waals surface area contributed by atoms with Crippen molar-refractivity contribution in [3.05, 3.63) is 29.3 Å². The highest BCUT2D eigenvalue weighted by atomic mass is 127. The van der Waals surface area contributed by atoms with Crippen molar-refractivity contribution in [1.82, 2.24) is 15.4 Å². The first kappa shape index (κ1) is 24.9. The highest BCUT2D eigenvalue weighted by molar-refractivity contribution is 14.0. The first-order valence-corrected chi connectivity index (χ1v) is 10.3. The third-order valence-electron chi connectivity index (χ3n) is 3.12. The van der Waals surface area contributed by atoms with Crippen LogP contribution < -0.4 is 20.1 Å². The summed E-state index contributed by atoms with van der Waals surface area (Å²) in [6.45, 7) is 9.93. The van der Waals surface area contributed by atoms with Gasteiger partial charge in [-0.3, -0.25) is 0 Å². The van der Waals surface area contributed by atoms with E-state index in [-0.39, 0.29) is 30.1 Å². The Morgan fingerprint density at radius 2 is 1.92 bits per heavy atom. The van der Waals surface area contributed by atoms with Crippen molar-refractivity contribution in [2.45, 2.75) is 40.3 Å². The Labute approximate surface area is 174 Å². The van der Waals surface area contributed by atoms with Gasteiger partial charge < -0.3 is 15.4 Å². The van der Waals surface area contributed by atoms with E-state index in [2.05, 4.69) is 20.3 Å². The molecule has 9 heteroatoms. The maximum Gasteiger partial charge on any atom is 0.208 e. The fraction of sp³-hybridized carbons (Fsp3) is 0.588. The molecule has 0 spiro atoms. The molecule has 0 aliphatic heterocycles. The van der Waals surface area contributed by atoms with Gasteiger partial charge in [0.1, 0.15) is 5.75 Å². The number of ether oxygens (including phenoxy) is 1. The minimum absolute atomic E-state index is 0. The molecular formula is C17H31IN4O3S. The third kappa shape index (κ3) is 10.8. The minimum atomic E-state index is -3.18. The Kier molecular flexibility index (Phi) is 11.8. The molecule has 150 valence electrons. The van der Waals surface area contributed by atoms with Gasteiger partial charge in [-0.15, -0.1) is 24.0 Å². The first-order valence-electron chi connectivity index (χ1n) is 8.44. The molecule has 0 atom stereocenters. The fourth-order valence-corrected chi connectivity index (χ4v) is 2.55. The minimum Gasteiger partial charge on any atom is -0.491 e. The van der Waals surface area contributed by atoms with E-state index in [1.807, 2.05) is 45.9 Å². The number of guanidine groups is 1. The molecule has 0 unspecified atom stereocenters. The molecule has 0 radical (unpaired) electrons. The van der Waals surface area contributed by atoms with Gasteiger partial charge in [-0.2, -0.15) is 0 Å². The number of nitrogens with one attached hydrogen (secondary N) is 3. The highest BCUT2D eigenvalue weighted by Gasteiger charge is 2.07. The largest absolute Gasteiger partial charge is 0.491 e. The van der Waals surface area contributed by atoms with Crippen molar-refractivity contribution < 1.29 is 13.2 Å². The molecule has 0 amide bonds. The fourth-order valence-electron chi connectivity index (χ4n) is 2.08. The van der Waals surface area contributed by atoms with Crippen molar-refractivity contribution in [3.8, 4) is 5.75 Å². The standard InChI is InChI=1S/C17H30N4O3S.HI/c1-6-18-17(19-9-10-21-25(5,22)23)20-12-15-8-7-14(4)11-16(15)24-13(2)3;/h7-8,11,13,21H,6,9-10,12H2,1-5H3,(H2,18,19,20);1H. The van der Waals surface area contributed by atoms with E-state index in [1.165, 1.54) is 0 Å². The number of aliphatic imine (C=N–C) groups is 1. The average molecular weight is 498 g/mol. The molecule has 1 aromatic carbocycles. The van der Waals surface area contributed by atoms with Gasteiger partial charge in [-0.1, -0.05) is 12.1 Å². The molecule has 0 fully saturated rings. The van der Waals surface area contributed by atoms with Crippen LogP contribution in [-0.4, -0.2) is 46.4 Å². The van der Waals surface area contributed by atoms with Crippen molar-refractivity contribution in [3.63, 3.8) is 0 Å². The number of nitrogens with zero attached hydrogens (tertiary/aromatic N) is 1. The van der Waals surface area contributed by atoms with Gasteiger partial charge in [0.15, 0.2) is 5.96 Å². The van der Waals surface area contributed by atoms with Gasteiger partial charge in [0, 0.05) is 25.2 Å². The maximum absolute atomic E-state index is 11.1. The second kappa shape index (κ2) is 12.3. The molecule has 1 rings (SSSR count). The van der Waals surface area contributed by atoms with E-state index in [4.69, 9.17) is 4.74 Å². The zero-order valence-corrected chi connectivity index (χ0v) is 19.3. The molecule has 0 saturated carbocycles. The van der Waals surface area contributed by atoms with E-state index in [9.17, 15) is 8.42 Å². The SMILES string of the molecule is CCNC(=NCc1ccc(C)cc1OC(C)C)NCCNS(C)(=O)=O.I. The summed E-state index contributed by atoms with van der Waals surface area (Å²) < 4.78 is 30.4. The molecule has 0 aliphatic carbocycles. The van der Waals surface area contributed by atoms with Crippen LogP contribution in [0.3, 0.4) is 0 Å². The number of halogens is 1. The molecule has 0 heterocycles. The average Bonchev–Trinajstić information content (AvgIpc) is 2.49. The predicted octanol–water partition coefficient (Wildman–Crippen LogP) is 2.00. The number of rotatable bonds is 9. The molecule has 1 aromatic rings. The van der Waals surface area contributed by atoms with Crippen LogP contribution >= 0.6 is 24.0 Å². The summed E-state index contributed by atoms with van der Waals surface area (Å²) >= 11 is 0. The molecule has 3 N–H and O–H groups in total. The molecule has 0 bridgehead atoms. The van der Waals surface area contributed by atoms with Crippen LogP contribution in [0.5, 0.6) is 5.75 Å². The van der Waals surface area contributed by atoms with Crippen molar-refractivity contribution >= 4 is 40.0 Å². The van der Waals surface area contributed by atoms with Crippen LogP contribution in [0.4, 0.5) is 0 Å². The Morgan fingerprint density at radius 3 is 2.50 bits per heavy atom. The van der Waals surface area contributed by atoms with Crippen LogP contribution in [0.1, 0.15) is 31.9 Å². The summed E-state index contributed by atoms with van der Waals surface area (Å²) in [4.78, 5) is 4.55. The Hall–Kier alpha value is -1.07. The van der Waals surface area contributed by atoms with E-state index in [0.29, 0.717) is 32.1 Å². The van der Waals surface area contributed by atoms with E-state index >= 15 is 0 Å². The lowest BCUT2D eigenvalue weighted by atomic mass is 10.1. The summed E-state index contributed by atoms with van der Waals surface area (Å²) in [6.07, 6.45) is 1.23. The molecular weight excluding hydrogens is 467 g/mol. The van der Waals surface area contributed by atoms with Crippen LogP contribution in [0.2, 0.25) is 0 Å². The lowest BCUT2D eigenvalue weighted by molar-refractivity contribution is 0.240. The van der Waals surface area contributed by atoms with Gasteiger partial charge in [-0.05, 0) is 39.3 Å². The van der Waals surface area contributed by atoms with E-state index < -0.39 is 10.0 Å². The highest BCUT2D eigenvalue weighted by Crippen LogP contribution is 2.22. The van der Waals surface area contributed by atoms with Crippen LogP contribution in [0, 0.1) is 6.92 Å². The van der Waals surface area contributed by atoms with Gasteiger partial charge in [0.2, 0.25) is 10.0 Å². The second-order valence-corrected chi connectivity index (χ2v) is 7.90. The van der Waals surface area contributed by atoms with Gasteiger partial charge in [0.25, 0.3) is 0 Å². The van der Waals surface area contributed by atoms with Crippen LogP contribution in [0.15, 0.2) is 23.2 Å². The lowest BCUT2D eigenvalue weighted by Gasteiger charge is -2.15. The molecule has 0 aromatic heterocycles. The summed E-state index contributed by atoms with van der Waals surface area (Å²) in [7, 11) is -3.18. The van der Waals surface area contributed by atoms with E-state index in [0.717, 1.165) is 23.1 Å². The lowest BCUT2D eigenvalue weighted by Crippen LogP contribution is -2.41. The second-order valence-electron chi connectivity index (χ2n) is 6.07. The normalized spacial score (nSPS) is 11.8. The quantitative estimate of drug-likeness (QED) is 0.210. The first-order chi connectivity index (χ1) is 11.7. The van der Waals surface area contributed by atoms with Gasteiger partial charge >= 0.3 is 0 Å². The zero-order chi connectivity index (χ0) is 18.9. The third-order valence-corrected chi connectivity index (χ3v) is 3.85.